The van der Waals surface area contributed by atoms with Gasteiger partial charge in [-0.1, -0.05) is 43.7 Å². The van der Waals surface area contributed by atoms with Gasteiger partial charge in [0.25, 0.3) is 5.91 Å². The average Bonchev–Trinajstić information content (AvgIpc) is 2.72. The average molecular weight is 397 g/mol. The fraction of sp³-hybridized carbons (Fsp3) is 0.417. The van der Waals surface area contributed by atoms with Crippen molar-refractivity contribution in [1.29, 1.82) is 0 Å². The van der Waals surface area contributed by atoms with E-state index in [0.29, 0.717) is 24.6 Å². The Morgan fingerprint density at radius 2 is 1.72 bits per heavy atom. The zero-order valence-corrected chi connectivity index (χ0v) is 17.3. The van der Waals surface area contributed by atoms with Crippen LogP contribution in [0.3, 0.4) is 0 Å². The van der Waals surface area contributed by atoms with Gasteiger partial charge in [-0.05, 0) is 61.4 Å². The zero-order chi connectivity index (χ0) is 21.0. The molecule has 1 heterocycles. The van der Waals surface area contributed by atoms with Gasteiger partial charge in [0.2, 0.25) is 5.91 Å². The maximum absolute atomic E-state index is 13.1. The molecule has 1 fully saturated rings. The van der Waals surface area contributed by atoms with E-state index in [1.165, 1.54) is 12.1 Å². The number of rotatable bonds is 5. The molecule has 0 bridgehead atoms. The minimum absolute atomic E-state index is 0.00826. The number of carbonyl (C=O) groups is 2. The smallest absolute Gasteiger partial charge is 0.251 e. The highest BCUT2D eigenvalue weighted by Crippen LogP contribution is 2.28. The summed E-state index contributed by atoms with van der Waals surface area (Å²) in [5, 5.41) is 2.93. The third-order valence-corrected chi connectivity index (χ3v) is 5.65. The number of hydrogen-bond donors (Lipinski definition) is 1. The molecule has 0 aliphatic carbocycles. The molecular formula is C24H29FN2O2. The first kappa shape index (κ1) is 21.0. The summed E-state index contributed by atoms with van der Waals surface area (Å²) in [4.78, 5) is 27.6. The summed E-state index contributed by atoms with van der Waals surface area (Å²) in [7, 11) is 0. The lowest BCUT2D eigenvalue weighted by atomic mass is 9.89. The van der Waals surface area contributed by atoms with Gasteiger partial charge in [-0.3, -0.25) is 9.59 Å². The first-order valence-electron chi connectivity index (χ1n) is 10.3. The van der Waals surface area contributed by atoms with Crippen LogP contribution in [0, 0.1) is 18.7 Å². The van der Waals surface area contributed by atoms with Gasteiger partial charge in [-0.25, -0.2) is 4.39 Å². The highest BCUT2D eigenvalue weighted by Gasteiger charge is 2.31. The van der Waals surface area contributed by atoms with Crippen LogP contribution in [-0.2, 0) is 4.79 Å². The van der Waals surface area contributed by atoms with E-state index in [-0.39, 0.29) is 23.5 Å². The summed E-state index contributed by atoms with van der Waals surface area (Å²) in [5.74, 6) is -0.156. The molecule has 0 saturated carbocycles. The SMILES string of the molecule is Cc1cccc(C(=O)N[C@@H](C(=O)N2CCC(c3ccc(F)cc3)CC2)C(C)C)c1. The van der Waals surface area contributed by atoms with E-state index in [4.69, 9.17) is 0 Å². The standard InChI is InChI=1S/C24H29FN2O2/c1-16(2)22(26-23(28)20-6-4-5-17(3)15-20)24(29)27-13-11-19(12-14-27)18-7-9-21(25)10-8-18/h4-10,15-16,19,22H,11-14H2,1-3H3,(H,26,28)/t22-/m1/s1. The molecular weight excluding hydrogens is 367 g/mol. The second-order valence-electron chi connectivity index (χ2n) is 8.22. The van der Waals surface area contributed by atoms with Crippen LogP contribution in [-0.4, -0.2) is 35.8 Å². The Morgan fingerprint density at radius 1 is 1.07 bits per heavy atom. The Hall–Kier alpha value is -2.69. The number of benzene rings is 2. The van der Waals surface area contributed by atoms with Crippen LogP contribution in [0.5, 0.6) is 0 Å². The van der Waals surface area contributed by atoms with Gasteiger partial charge >= 0.3 is 0 Å². The molecule has 4 nitrogen and oxygen atoms in total. The molecule has 0 aromatic heterocycles. The monoisotopic (exact) mass is 396 g/mol. The second-order valence-corrected chi connectivity index (χ2v) is 8.22. The van der Waals surface area contributed by atoms with Crippen LogP contribution >= 0.6 is 0 Å². The summed E-state index contributed by atoms with van der Waals surface area (Å²) in [6.07, 6.45) is 1.68. The van der Waals surface area contributed by atoms with E-state index in [1.807, 2.05) is 56.0 Å². The van der Waals surface area contributed by atoms with Crippen molar-refractivity contribution in [3.8, 4) is 0 Å². The van der Waals surface area contributed by atoms with Gasteiger partial charge < -0.3 is 10.2 Å². The lowest BCUT2D eigenvalue weighted by molar-refractivity contribution is -0.135. The lowest BCUT2D eigenvalue weighted by Gasteiger charge is -2.35. The largest absolute Gasteiger partial charge is 0.341 e. The van der Waals surface area contributed by atoms with Crippen molar-refractivity contribution in [3.63, 3.8) is 0 Å². The third-order valence-electron chi connectivity index (χ3n) is 5.65. The van der Waals surface area contributed by atoms with E-state index < -0.39 is 6.04 Å². The van der Waals surface area contributed by atoms with Gasteiger partial charge in [0, 0.05) is 18.7 Å². The Labute approximate surface area is 172 Å². The molecule has 2 aromatic rings. The Bertz CT molecular complexity index is 855. The van der Waals surface area contributed by atoms with Crippen molar-refractivity contribution >= 4 is 11.8 Å². The molecule has 29 heavy (non-hydrogen) atoms. The fourth-order valence-electron chi connectivity index (χ4n) is 3.89. The number of halogens is 1. The maximum Gasteiger partial charge on any atom is 0.251 e. The highest BCUT2D eigenvalue weighted by atomic mass is 19.1. The second kappa shape index (κ2) is 9.21. The van der Waals surface area contributed by atoms with E-state index in [1.54, 1.807) is 6.07 Å². The summed E-state index contributed by atoms with van der Waals surface area (Å²) >= 11 is 0. The Morgan fingerprint density at radius 3 is 2.31 bits per heavy atom. The molecule has 0 radical (unpaired) electrons. The van der Waals surface area contributed by atoms with Crippen LogP contribution in [0.25, 0.3) is 0 Å². The zero-order valence-electron chi connectivity index (χ0n) is 17.3. The lowest BCUT2D eigenvalue weighted by Crippen LogP contribution is -2.52. The third kappa shape index (κ3) is 5.22. The summed E-state index contributed by atoms with van der Waals surface area (Å²) in [6, 6.07) is 13.5. The Kier molecular flexibility index (Phi) is 6.68. The van der Waals surface area contributed by atoms with Crippen molar-refractivity contribution in [2.24, 2.45) is 5.92 Å². The predicted molar refractivity (Wildman–Crippen MR) is 112 cm³/mol. The number of likely N-dealkylation sites (tertiary alicyclic amines) is 1. The normalized spacial score (nSPS) is 16.0. The van der Waals surface area contributed by atoms with Gasteiger partial charge in [-0.15, -0.1) is 0 Å². The maximum atomic E-state index is 13.1. The van der Waals surface area contributed by atoms with Gasteiger partial charge in [0.15, 0.2) is 0 Å². The molecule has 2 amide bonds. The van der Waals surface area contributed by atoms with Crippen molar-refractivity contribution in [2.75, 3.05) is 13.1 Å². The molecule has 1 atom stereocenters. The summed E-state index contributed by atoms with van der Waals surface area (Å²) in [6.45, 7) is 7.12. The first-order chi connectivity index (χ1) is 13.8. The number of carbonyl (C=O) groups excluding carboxylic acids is 2. The molecule has 154 valence electrons. The molecule has 2 aromatic carbocycles. The number of piperidine rings is 1. The van der Waals surface area contributed by atoms with Crippen molar-refractivity contribution in [1.82, 2.24) is 10.2 Å². The first-order valence-corrected chi connectivity index (χ1v) is 10.3. The van der Waals surface area contributed by atoms with Crippen molar-refractivity contribution in [3.05, 3.63) is 71.0 Å². The fourth-order valence-corrected chi connectivity index (χ4v) is 3.89. The van der Waals surface area contributed by atoms with Gasteiger partial charge in [0.1, 0.15) is 11.9 Å². The molecule has 0 unspecified atom stereocenters. The topological polar surface area (TPSA) is 49.4 Å². The number of aryl methyl sites for hydroxylation is 1. The molecule has 1 N–H and O–H groups in total. The molecule has 1 aliphatic heterocycles. The molecule has 5 heteroatoms. The number of hydrogen-bond acceptors (Lipinski definition) is 2. The Balaban J connectivity index is 1.62. The molecule has 3 rings (SSSR count). The van der Waals surface area contributed by atoms with Crippen LogP contribution < -0.4 is 5.32 Å². The van der Waals surface area contributed by atoms with Crippen LogP contribution in [0.2, 0.25) is 0 Å². The molecule has 1 aliphatic rings. The van der Waals surface area contributed by atoms with Gasteiger partial charge in [0.05, 0.1) is 0 Å². The molecule has 1 saturated heterocycles. The highest BCUT2D eigenvalue weighted by molar-refractivity contribution is 5.97. The minimum Gasteiger partial charge on any atom is -0.341 e. The molecule has 0 spiro atoms. The minimum atomic E-state index is -0.551. The van der Waals surface area contributed by atoms with Crippen molar-refractivity contribution in [2.45, 2.75) is 45.6 Å². The van der Waals surface area contributed by atoms with E-state index >= 15 is 0 Å². The number of nitrogens with zero attached hydrogens (tertiary/aromatic N) is 1. The van der Waals surface area contributed by atoms with E-state index in [2.05, 4.69) is 5.32 Å². The number of amides is 2. The quantitative estimate of drug-likeness (QED) is 0.819. The summed E-state index contributed by atoms with van der Waals surface area (Å²) < 4.78 is 13.1. The van der Waals surface area contributed by atoms with E-state index in [9.17, 15) is 14.0 Å². The van der Waals surface area contributed by atoms with Gasteiger partial charge in [-0.2, -0.15) is 0 Å². The van der Waals surface area contributed by atoms with Crippen LogP contribution in [0.1, 0.15) is 54.1 Å². The van der Waals surface area contributed by atoms with Crippen molar-refractivity contribution < 1.29 is 14.0 Å². The van der Waals surface area contributed by atoms with Crippen LogP contribution in [0.15, 0.2) is 48.5 Å². The summed E-state index contributed by atoms with van der Waals surface area (Å²) in [5.41, 5.74) is 2.69. The van der Waals surface area contributed by atoms with Crippen LogP contribution in [0.4, 0.5) is 4.39 Å². The number of nitrogens with one attached hydrogen (secondary N) is 1. The predicted octanol–water partition coefficient (Wildman–Crippen LogP) is 4.29. The van der Waals surface area contributed by atoms with E-state index in [0.717, 1.165) is 24.0 Å².